The molecule has 0 aliphatic heterocycles. The number of benzene rings is 1. The Kier molecular flexibility index (Phi) is 3.35. The summed E-state index contributed by atoms with van der Waals surface area (Å²) in [4.78, 5) is -0.0368. The topological polar surface area (TPSA) is 101 Å². The fourth-order valence-electron chi connectivity index (χ4n) is 1.61. The van der Waals surface area contributed by atoms with Gasteiger partial charge in [0.2, 0.25) is 10.0 Å². The van der Waals surface area contributed by atoms with Crippen LogP contribution in [0.25, 0.3) is 0 Å². The minimum atomic E-state index is -3.66. The first-order valence-electron chi connectivity index (χ1n) is 5.37. The van der Waals surface area contributed by atoms with Crippen molar-refractivity contribution < 1.29 is 8.42 Å². The maximum Gasteiger partial charge on any atom is 0.246 e. The van der Waals surface area contributed by atoms with Gasteiger partial charge in [-0.15, -0.1) is 0 Å². The van der Waals surface area contributed by atoms with Gasteiger partial charge in [0.1, 0.15) is 10.7 Å². The quantitative estimate of drug-likeness (QED) is 0.769. The van der Waals surface area contributed by atoms with Crippen LogP contribution in [-0.4, -0.2) is 18.6 Å². The summed E-state index contributed by atoms with van der Waals surface area (Å²) in [7, 11) is -3.66. The Labute approximate surface area is 105 Å². The van der Waals surface area contributed by atoms with E-state index in [1.807, 2.05) is 30.3 Å². The number of nitrogens with one attached hydrogen (secondary N) is 2. The molecule has 0 fully saturated rings. The van der Waals surface area contributed by atoms with Crippen molar-refractivity contribution in [1.29, 1.82) is 0 Å². The Morgan fingerprint density at radius 3 is 2.56 bits per heavy atom. The third-order valence-corrected chi connectivity index (χ3v) is 4.12. The van der Waals surface area contributed by atoms with Gasteiger partial charge in [0.05, 0.1) is 6.20 Å². The zero-order chi connectivity index (χ0) is 13.2. The summed E-state index contributed by atoms with van der Waals surface area (Å²) in [5.74, 6) is 0.0303. The van der Waals surface area contributed by atoms with Crippen LogP contribution in [-0.2, 0) is 10.0 Å². The van der Waals surface area contributed by atoms with E-state index in [1.54, 1.807) is 6.92 Å². The number of sulfonamides is 1. The minimum Gasteiger partial charge on any atom is -0.383 e. The predicted octanol–water partition coefficient (Wildman–Crippen LogP) is 1.03. The number of aromatic nitrogens is 2. The summed E-state index contributed by atoms with van der Waals surface area (Å²) in [5, 5.41) is 6.00. The van der Waals surface area contributed by atoms with E-state index >= 15 is 0 Å². The van der Waals surface area contributed by atoms with Crippen molar-refractivity contribution >= 4 is 15.8 Å². The lowest BCUT2D eigenvalue weighted by Crippen LogP contribution is -2.27. The molecule has 0 radical (unpaired) electrons. The van der Waals surface area contributed by atoms with Gasteiger partial charge in [0, 0.05) is 6.04 Å². The molecule has 18 heavy (non-hydrogen) atoms. The Bertz CT molecular complexity index is 622. The highest BCUT2D eigenvalue weighted by Gasteiger charge is 2.22. The van der Waals surface area contributed by atoms with Gasteiger partial charge < -0.3 is 5.73 Å². The van der Waals surface area contributed by atoms with Crippen LogP contribution in [0.5, 0.6) is 0 Å². The normalized spacial score (nSPS) is 13.4. The van der Waals surface area contributed by atoms with Crippen LogP contribution in [0.1, 0.15) is 18.5 Å². The van der Waals surface area contributed by atoms with Crippen molar-refractivity contribution in [3.05, 3.63) is 42.1 Å². The van der Waals surface area contributed by atoms with Crippen LogP contribution in [0.4, 0.5) is 5.82 Å². The Morgan fingerprint density at radius 1 is 1.33 bits per heavy atom. The number of H-pyrrole nitrogens is 1. The van der Waals surface area contributed by atoms with E-state index in [0.717, 1.165) is 5.56 Å². The number of hydrogen-bond donors (Lipinski definition) is 3. The molecule has 2 aromatic rings. The Balaban J connectivity index is 2.22. The maximum atomic E-state index is 12.0. The van der Waals surface area contributed by atoms with Crippen molar-refractivity contribution in [2.24, 2.45) is 0 Å². The van der Waals surface area contributed by atoms with E-state index in [-0.39, 0.29) is 16.8 Å². The largest absolute Gasteiger partial charge is 0.383 e. The summed E-state index contributed by atoms with van der Waals surface area (Å²) < 4.78 is 26.6. The molecule has 0 aliphatic carbocycles. The molecule has 96 valence electrons. The SMILES string of the molecule is CC(NS(=O)(=O)c1cn[nH]c1N)c1ccccc1. The number of hydrogen-bond acceptors (Lipinski definition) is 4. The van der Waals surface area contributed by atoms with E-state index in [1.165, 1.54) is 6.20 Å². The first kappa shape index (κ1) is 12.6. The number of aromatic amines is 1. The molecule has 0 saturated heterocycles. The third-order valence-electron chi connectivity index (χ3n) is 2.55. The number of nitrogen functional groups attached to an aromatic ring is 1. The first-order valence-corrected chi connectivity index (χ1v) is 6.85. The number of anilines is 1. The predicted molar refractivity (Wildman–Crippen MR) is 68.2 cm³/mol. The van der Waals surface area contributed by atoms with Crippen LogP contribution in [0, 0.1) is 0 Å². The second kappa shape index (κ2) is 4.79. The van der Waals surface area contributed by atoms with E-state index in [0.29, 0.717) is 0 Å². The highest BCUT2D eigenvalue weighted by molar-refractivity contribution is 7.89. The minimum absolute atomic E-state index is 0.0303. The number of nitrogens with zero attached hydrogens (tertiary/aromatic N) is 1. The molecular weight excluding hydrogens is 252 g/mol. The van der Waals surface area contributed by atoms with Crippen molar-refractivity contribution in [3.8, 4) is 0 Å². The molecule has 0 aliphatic rings. The van der Waals surface area contributed by atoms with Crippen molar-refractivity contribution in [3.63, 3.8) is 0 Å². The molecule has 0 spiro atoms. The molecule has 2 rings (SSSR count). The van der Waals surface area contributed by atoms with E-state index in [9.17, 15) is 8.42 Å². The van der Waals surface area contributed by atoms with Gasteiger partial charge in [-0.2, -0.15) is 5.10 Å². The molecule has 1 unspecified atom stereocenters. The zero-order valence-corrected chi connectivity index (χ0v) is 10.6. The molecule has 7 heteroatoms. The second-order valence-electron chi connectivity index (χ2n) is 3.90. The lowest BCUT2D eigenvalue weighted by molar-refractivity contribution is 0.567. The molecule has 0 saturated carbocycles. The van der Waals surface area contributed by atoms with Gasteiger partial charge in [-0.25, -0.2) is 13.1 Å². The average Bonchev–Trinajstić information content (AvgIpc) is 2.77. The van der Waals surface area contributed by atoms with Gasteiger partial charge in [-0.3, -0.25) is 5.10 Å². The van der Waals surface area contributed by atoms with E-state index in [4.69, 9.17) is 5.73 Å². The fraction of sp³-hybridized carbons (Fsp3) is 0.182. The third kappa shape index (κ3) is 2.52. The lowest BCUT2D eigenvalue weighted by atomic mass is 10.1. The van der Waals surface area contributed by atoms with Crippen molar-refractivity contribution in [2.45, 2.75) is 17.9 Å². The van der Waals surface area contributed by atoms with Crippen molar-refractivity contribution in [1.82, 2.24) is 14.9 Å². The molecule has 6 nitrogen and oxygen atoms in total. The van der Waals surface area contributed by atoms with Crippen LogP contribution >= 0.6 is 0 Å². The summed E-state index contributed by atoms with van der Waals surface area (Å²) in [6.45, 7) is 1.77. The average molecular weight is 266 g/mol. The van der Waals surface area contributed by atoms with Gasteiger partial charge in [0.25, 0.3) is 0 Å². The van der Waals surface area contributed by atoms with Gasteiger partial charge in [-0.05, 0) is 12.5 Å². The van der Waals surface area contributed by atoms with Gasteiger partial charge in [-0.1, -0.05) is 30.3 Å². The summed E-state index contributed by atoms with van der Waals surface area (Å²) >= 11 is 0. The molecule has 0 bridgehead atoms. The fourth-order valence-corrected chi connectivity index (χ4v) is 2.86. The summed E-state index contributed by atoms with van der Waals surface area (Å²) in [6.07, 6.45) is 1.19. The first-order chi connectivity index (χ1) is 8.50. The second-order valence-corrected chi connectivity index (χ2v) is 5.58. The van der Waals surface area contributed by atoms with Crippen LogP contribution in [0.15, 0.2) is 41.4 Å². The van der Waals surface area contributed by atoms with E-state index < -0.39 is 10.0 Å². The van der Waals surface area contributed by atoms with Gasteiger partial charge >= 0.3 is 0 Å². The molecule has 4 N–H and O–H groups in total. The molecular formula is C11H14N4O2S. The lowest BCUT2D eigenvalue weighted by Gasteiger charge is -2.13. The Hall–Kier alpha value is -1.86. The smallest absolute Gasteiger partial charge is 0.246 e. The molecule has 1 aromatic heterocycles. The highest BCUT2D eigenvalue weighted by atomic mass is 32.2. The molecule has 0 amide bonds. The highest BCUT2D eigenvalue weighted by Crippen LogP contribution is 2.18. The molecule has 1 aromatic carbocycles. The zero-order valence-electron chi connectivity index (χ0n) is 9.79. The molecule has 1 heterocycles. The number of rotatable bonds is 4. The standard InChI is InChI=1S/C11H14N4O2S/c1-8(9-5-3-2-4-6-9)15-18(16,17)10-7-13-14-11(10)12/h2-8,15H,1H3,(H3,12,13,14). The Morgan fingerprint density at radius 2 is 2.00 bits per heavy atom. The van der Waals surface area contributed by atoms with Gasteiger partial charge in [0.15, 0.2) is 0 Å². The summed E-state index contributed by atoms with van der Waals surface area (Å²) in [6, 6.07) is 8.94. The molecule has 1 atom stereocenters. The monoisotopic (exact) mass is 266 g/mol. The van der Waals surface area contributed by atoms with Crippen molar-refractivity contribution in [2.75, 3.05) is 5.73 Å². The van der Waals surface area contributed by atoms with E-state index in [2.05, 4.69) is 14.9 Å². The van der Waals surface area contributed by atoms with Crippen LogP contribution in [0.2, 0.25) is 0 Å². The van der Waals surface area contributed by atoms with Crippen LogP contribution in [0.3, 0.4) is 0 Å². The number of nitrogens with two attached hydrogens (primary N) is 1. The maximum absolute atomic E-state index is 12.0. The van der Waals surface area contributed by atoms with Crippen LogP contribution < -0.4 is 10.5 Å². The summed E-state index contributed by atoms with van der Waals surface area (Å²) in [5.41, 5.74) is 6.38.